The average Bonchev–Trinajstić information content (AvgIpc) is 3.45. The second-order valence-electron chi connectivity index (χ2n) is 7.57. The van der Waals surface area contributed by atoms with Crippen LogP contribution in [-0.2, 0) is 4.79 Å². The number of imidazole rings is 1. The zero-order valence-electron chi connectivity index (χ0n) is 16.6. The number of aliphatic imine (C=N–C) groups is 1. The van der Waals surface area contributed by atoms with E-state index in [1.807, 2.05) is 17.9 Å². The summed E-state index contributed by atoms with van der Waals surface area (Å²) < 4.78 is 15.0. The zero-order chi connectivity index (χ0) is 20.7. The molecule has 0 spiro atoms. The first-order valence-corrected chi connectivity index (χ1v) is 9.99. The van der Waals surface area contributed by atoms with E-state index in [0.717, 1.165) is 17.2 Å². The second kappa shape index (κ2) is 7.40. The largest absolute Gasteiger partial charge is 0.368 e. The Bertz CT molecular complexity index is 1070. The molecule has 2 aliphatic heterocycles. The lowest BCUT2D eigenvalue weighted by molar-refractivity contribution is -0.134. The first-order chi connectivity index (χ1) is 14.6. The number of amides is 1. The quantitative estimate of drug-likeness (QED) is 0.723. The molecule has 30 heavy (non-hydrogen) atoms. The predicted molar refractivity (Wildman–Crippen MR) is 110 cm³/mol. The summed E-state index contributed by atoms with van der Waals surface area (Å²) >= 11 is 0. The Morgan fingerprint density at radius 3 is 2.57 bits per heavy atom. The van der Waals surface area contributed by atoms with Gasteiger partial charge in [0.1, 0.15) is 23.6 Å². The number of benzene rings is 1. The normalized spacial score (nSPS) is 21.3. The molecule has 0 saturated carbocycles. The molecule has 1 saturated heterocycles. The maximum absolute atomic E-state index is 13.6. The van der Waals surface area contributed by atoms with E-state index in [0.29, 0.717) is 32.0 Å². The molecule has 0 radical (unpaired) electrons. The monoisotopic (exact) mass is 407 g/mol. The van der Waals surface area contributed by atoms with Crippen molar-refractivity contribution >= 4 is 23.1 Å². The molecule has 5 rings (SSSR count). The van der Waals surface area contributed by atoms with Crippen molar-refractivity contribution in [1.29, 1.82) is 0 Å². The van der Waals surface area contributed by atoms with Crippen LogP contribution in [0.3, 0.4) is 0 Å². The van der Waals surface area contributed by atoms with Gasteiger partial charge < -0.3 is 14.8 Å². The fourth-order valence-electron chi connectivity index (χ4n) is 4.29. The summed E-state index contributed by atoms with van der Waals surface area (Å²) in [6.07, 6.45) is 5.13. The van der Waals surface area contributed by atoms with Crippen molar-refractivity contribution in [2.45, 2.75) is 13.0 Å². The number of rotatable bonds is 3. The molecule has 1 fully saturated rings. The van der Waals surface area contributed by atoms with E-state index in [-0.39, 0.29) is 17.8 Å². The standard InChI is InChI=1S/C21H22FN7O/c1-14-18(19(20-23-8-9-24-20)29-17(26-14)6-7-25-29)21(30)28-12-10-27(11-13-28)16-4-2-15(22)3-5-16/h2-9,18-19H,10-13H2,1H3,(H,23,24). The first kappa shape index (κ1) is 18.5. The van der Waals surface area contributed by atoms with E-state index in [9.17, 15) is 9.18 Å². The molecular formula is C21H22FN7O. The minimum atomic E-state index is -0.471. The van der Waals surface area contributed by atoms with Crippen molar-refractivity contribution in [3.8, 4) is 0 Å². The summed E-state index contributed by atoms with van der Waals surface area (Å²) in [7, 11) is 0. The van der Waals surface area contributed by atoms with E-state index in [2.05, 4.69) is 25.0 Å². The summed E-state index contributed by atoms with van der Waals surface area (Å²) in [4.78, 5) is 29.8. The third kappa shape index (κ3) is 3.16. The van der Waals surface area contributed by atoms with Crippen LogP contribution in [0.4, 0.5) is 15.9 Å². The SMILES string of the molecule is CC1=Nc2ccnn2C(c2ncc[nH]2)C1C(=O)N1CCN(c2ccc(F)cc2)CC1. The number of H-pyrrole nitrogens is 1. The number of aromatic amines is 1. The highest BCUT2D eigenvalue weighted by atomic mass is 19.1. The van der Waals surface area contributed by atoms with Gasteiger partial charge in [0.15, 0.2) is 5.82 Å². The van der Waals surface area contributed by atoms with Gasteiger partial charge in [-0.05, 0) is 31.2 Å². The van der Waals surface area contributed by atoms with Gasteiger partial charge in [-0.25, -0.2) is 19.0 Å². The summed E-state index contributed by atoms with van der Waals surface area (Å²) in [5.41, 5.74) is 1.73. The molecule has 8 nitrogen and oxygen atoms in total. The number of anilines is 1. The van der Waals surface area contributed by atoms with Crippen LogP contribution >= 0.6 is 0 Å². The van der Waals surface area contributed by atoms with Gasteiger partial charge in [0.25, 0.3) is 0 Å². The van der Waals surface area contributed by atoms with Gasteiger partial charge in [-0.15, -0.1) is 0 Å². The number of aromatic nitrogens is 4. The van der Waals surface area contributed by atoms with Crippen molar-refractivity contribution in [1.82, 2.24) is 24.6 Å². The molecule has 4 heterocycles. The van der Waals surface area contributed by atoms with E-state index < -0.39 is 5.92 Å². The molecule has 0 bridgehead atoms. The van der Waals surface area contributed by atoms with Crippen LogP contribution in [0.25, 0.3) is 0 Å². The van der Waals surface area contributed by atoms with Crippen LogP contribution in [0, 0.1) is 11.7 Å². The molecule has 0 aliphatic carbocycles. The topological polar surface area (TPSA) is 82.4 Å². The first-order valence-electron chi connectivity index (χ1n) is 9.99. The van der Waals surface area contributed by atoms with Crippen molar-refractivity contribution in [3.05, 3.63) is 60.6 Å². The predicted octanol–water partition coefficient (Wildman–Crippen LogP) is 2.41. The number of hydrogen-bond acceptors (Lipinski definition) is 5. The highest BCUT2D eigenvalue weighted by molar-refractivity contribution is 6.05. The van der Waals surface area contributed by atoms with Crippen molar-refractivity contribution in [2.24, 2.45) is 10.9 Å². The van der Waals surface area contributed by atoms with E-state index in [4.69, 9.17) is 0 Å². The summed E-state index contributed by atoms with van der Waals surface area (Å²) in [6.45, 7) is 4.47. The number of hydrogen-bond donors (Lipinski definition) is 1. The van der Waals surface area contributed by atoms with Gasteiger partial charge in [-0.3, -0.25) is 4.79 Å². The fraction of sp³-hybridized carbons (Fsp3) is 0.333. The molecule has 1 amide bonds. The Hall–Kier alpha value is -3.49. The molecule has 2 aliphatic rings. The van der Waals surface area contributed by atoms with Gasteiger partial charge in [-0.1, -0.05) is 0 Å². The lowest BCUT2D eigenvalue weighted by Crippen LogP contribution is -2.53. The fourth-order valence-corrected chi connectivity index (χ4v) is 4.29. The number of nitrogens with one attached hydrogen (secondary N) is 1. The summed E-state index contributed by atoms with van der Waals surface area (Å²) in [6, 6.07) is 7.95. The van der Waals surface area contributed by atoms with Gasteiger partial charge in [0.05, 0.1) is 6.20 Å². The van der Waals surface area contributed by atoms with E-state index >= 15 is 0 Å². The Balaban J connectivity index is 1.37. The molecular weight excluding hydrogens is 385 g/mol. The minimum absolute atomic E-state index is 0.0255. The number of piperazine rings is 1. The smallest absolute Gasteiger partial charge is 0.234 e. The highest BCUT2D eigenvalue weighted by Gasteiger charge is 2.41. The Morgan fingerprint density at radius 1 is 1.10 bits per heavy atom. The zero-order valence-corrected chi connectivity index (χ0v) is 16.6. The Morgan fingerprint density at radius 2 is 1.87 bits per heavy atom. The van der Waals surface area contributed by atoms with Gasteiger partial charge >= 0.3 is 0 Å². The summed E-state index contributed by atoms with van der Waals surface area (Å²) in [5, 5.41) is 4.41. The minimum Gasteiger partial charge on any atom is -0.368 e. The molecule has 2 aromatic heterocycles. The van der Waals surface area contributed by atoms with E-state index in [1.54, 1.807) is 35.4 Å². The lowest BCUT2D eigenvalue weighted by Gasteiger charge is -2.39. The van der Waals surface area contributed by atoms with Crippen molar-refractivity contribution in [2.75, 3.05) is 31.1 Å². The lowest BCUT2D eigenvalue weighted by atomic mass is 9.91. The molecule has 1 N–H and O–H groups in total. The third-order valence-corrected chi connectivity index (χ3v) is 5.82. The molecule has 2 unspecified atom stereocenters. The second-order valence-corrected chi connectivity index (χ2v) is 7.57. The van der Waals surface area contributed by atoms with Crippen LogP contribution in [0.15, 0.2) is 53.9 Å². The number of nitrogens with zero attached hydrogens (tertiary/aromatic N) is 6. The third-order valence-electron chi connectivity index (χ3n) is 5.82. The van der Waals surface area contributed by atoms with Crippen LogP contribution in [0.2, 0.25) is 0 Å². The maximum atomic E-state index is 13.6. The highest BCUT2D eigenvalue weighted by Crippen LogP contribution is 2.35. The Kier molecular flexibility index (Phi) is 4.57. The van der Waals surface area contributed by atoms with Gasteiger partial charge in [0, 0.05) is 56.0 Å². The van der Waals surface area contributed by atoms with Gasteiger partial charge in [0.2, 0.25) is 5.91 Å². The van der Waals surface area contributed by atoms with Crippen LogP contribution in [0.5, 0.6) is 0 Å². The number of carbonyl (C=O) groups is 1. The van der Waals surface area contributed by atoms with Crippen LogP contribution in [-0.4, -0.2) is 62.4 Å². The van der Waals surface area contributed by atoms with Gasteiger partial charge in [-0.2, -0.15) is 5.10 Å². The molecule has 9 heteroatoms. The molecule has 154 valence electrons. The molecule has 3 aromatic rings. The molecule has 2 atom stereocenters. The summed E-state index contributed by atoms with van der Waals surface area (Å²) in [5.74, 6) is 0.719. The number of carbonyl (C=O) groups excluding carboxylic acids is 1. The van der Waals surface area contributed by atoms with E-state index in [1.165, 1.54) is 12.1 Å². The average molecular weight is 407 g/mol. The number of fused-ring (bicyclic) bond motifs is 1. The number of halogens is 1. The van der Waals surface area contributed by atoms with Crippen LogP contribution < -0.4 is 4.90 Å². The Labute approximate surface area is 173 Å². The van der Waals surface area contributed by atoms with Crippen molar-refractivity contribution in [3.63, 3.8) is 0 Å². The van der Waals surface area contributed by atoms with Crippen LogP contribution in [0.1, 0.15) is 18.8 Å². The molecule has 1 aromatic carbocycles. The van der Waals surface area contributed by atoms with Crippen molar-refractivity contribution < 1.29 is 9.18 Å². The maximum Gasteiger partial charge on any atom is 0.234 e.